The van der Waals surface area contributed by atoms with Crippen LogP contribution in [0.3, 0.4) is 0 Å². The lowest BCUT2D eigenvalue weighted by Crippen LogP contribution is -2.37. The molecular formula is C20H18N4O2. The molecule has 1 aliphatic carbocycles. The van der Waals surface area contributed by atoms with Gasteiger partial charge in [0.15, 0.2) is 5.82 Å². The molecule has 0 fully saturated rings. The maximum Gasteiger partial charge on any atom is 0.321 e. The molecule has 0 aliphatic heterocycles. The molecule has 0 unspecified atom stereocenters. The van der Waals surface area contributed by atoms with Crippen LogP contribution in [0.25, 0.3) is 11.3 Å². The standard InChI is InChI=1S/C20H18N4O2/c25-17-12-14-8-4-5-9-15(14)19(17)22-20(26)21-18-11-10-16(23-24-18)13-6-2-1-3-7-13/h1-11,17,19,25H,12H2,(H2,21,22,24,26)/t17-,19-/m1/s1. The van der Waals surface area contributed by atoms with Gasteiger partial charge in [0.25, 0.3) is 0 Å². The van der Waals surface area contributed by atoms with Crippen LogP contribution in [0.5, 0.6) is 0 Å². The van der Waals surface area contributed by atoms with Gasteiger partial charge in [0.2, 0.25) is 0 Å². The quantitative estimate of drug-likeness (QED) is 0.680. The van der Waals surface area contributed by atoms with Crippen LogP contribution in [-0.4, -0.2) is 27.4 Å². The van der Waals surface area contributed by atoms with E-state index in [1.54, 1.807) is 12.1 Å². The number of carbonyl (C=O) groups excluding carboxylic acids is 1. The highest BCUT2D eigenvalue weighted by molar-refractivity contribution is 5.88. The number of benzene rings is 2. The molecule has 0 saturated carbocycles. The summed E-state index contributed by atoms with van der Waals surface area (Å²) in [6, 6.07) is 20.1. The van der Waals surface area contributed by atoms with Crippen molar-refractivity contribution in [3.8, 4) is 11.3 Å². The first-order valence-electron chi connectivity index (χ1n) is 8.43. The smallest absolute Gasteiger partial charge is 0.321 e. The van der Waals surface area contributed by atoms with Crippen LogP contribution in [0.2, 0.25) is 0 Å². The maximum atomic E-state index is 12.3. The zero-order valence-corrected chi connectivity index (χ0v) is 14.0. The minimum atomic E-state index is -0.635. The van der Waals surface area contributed by atoms with Gasteiger partial charge in [0.05, 0.1) is 17.8 Å². The van der Waals surface area contributed by atoms with Gasteiger partial charge in [0.1, 0.15) is 0 Å². The summed E-state index contributed by atoms with van der Waals surface area (Å²) >= 11 is 0. The lowest BCUT2D eigenvalue weighted by molar-refractivity contribution is 0.144. The molecule has 6 heteroatoms. The highest BCUT2D eigenvalue weighted by Gasteiger charge is 2.31. The number of fused-ring (bicyclic) bond motifs is 1. The lowest BCUT2D eigenvalue weighted by Gasteiger charge is -2.18. The Morgan fingerprint density at radius 2 is 1.73 bits per heavy atom. The molecular weight excluding hydrogens is 328 g/mol. The number of urea groups is 1. The highest BCUT2D eigenvalue weighted by Crippen LogP contribution is 2.31. The molecule has 1 aromatic heterocycles. The van der Waals surface area contributed by atoms with Crippen molar-refractivity contribution in [2.24, 2.45) is 0 Å². The van der Waals surface area contributed by atoms with Crippen LogP contribution < -0.4 is 10.6 Å². The number of hydrogen-bond acceptors (Lipinski definition) is 4. The minimum Gasteiger partial charge on any atom is -0.390 e. The van der Waals surface area contributed by atoms with Crippen molar-refractivity contribution < 1.29 is 9.90 Å². The van der Waals surface area contributed by atoms with Gasteiger partial charge in [-0.2, -0.15) is 0 Å². The van der Waals surface area contributed by atoms with Gasteiger partial charge in [-0.3, -0.25) is 5.32 Å². The molecule has 0 bridgehead atoms. The maximum absolute atomic E-state index is 12.3. The molecule has 2 aromatic carbocycles. The van der Waals surface area contributed by atoms with E-state index in [1.165, 1.54) is 0 Å². The van der Waals surface area contributed by atoms with Gasteiger partial charge in [-0.1, -0.05) is 54.6 Å². The van der Waals surface area contributed by atoms with Crippen molar-refractivity contribution in [1.82, 2.24) is 15.5 Å². The zero-order valence-electron chi connectivity index (χ0n) is 14.0. The Kier molecular flexibility index (Phi) is 4.33. The van der Waals surface area contributed by atoms with E-state index in [2.05, 4.69) is 20.8 Å². The normalized spacial score (nSPS) is 18.2. The predicted octanol–water partition coefficient (Wildman–Crippen LogP) is 2.92. The summed E-state index contributed by atoms with van der Waals surface area (Å²) in [6.45, 7) is 0. The number of aliphatic hydroxyl groups is 1. The Morgan fingerprint density at radius 1 is 0.962 bits per heavy atom. The Morgan fingerprint density at radius 3 is 2.50 bits per heavy atom. The van der Waals surface area contributed by atoms with Crippen molar-refractivity contribution in [3.05, 3.63) is 77.9 Å². The minimum absolute atomic E-state index is 0.350. The fourth-order valence-electron chi connectivity index (χ4n) is 3.20. The van der Waals surface area contributed by atoms with E-state index >= 15 is 0 Å². The second-order valence-electron chi connectivity index (χ2n) is 6.22. The summed E-state index contributed by atoms with van der Waals surface area (Å²) in [7, 11) is 0. The molecule has 2 atom stereocenters. The molecule has 0 radical (unpaired) electrons. The molecule has 6 nitrogen and oxygen atoms in total. The molecule has 26 heavy (non-hydrogen) atoms. The average Bonchev–Trinajstić information content (AvgIpc) is 2.98. The van der Waals surface area contributed by atoms with E-state index < -0.39 is 18.2 Å². The van der Waals surface area contributed by atoms with Gasteiger partial charge in [-0.15, -0.1) is 10.2 Å². The molecule has 4 rings (SSSR count). The topological polar surface area (TPSA) is 87.1 Å². The van der Waals surface area contributed by atoms with Crippen molar-refractivity contribution in [2.45, 2.75) is 18.6 Å². The second-order valence-corrected chi connectivity index (χ2v) is 6.22. The number of amides is 2. The van der Waals surface area contributed by atoms with Gasteiger partial charge in [-0.05, 0) is 23.3 Å². The number of hydrogen-bond donors (Lipinski definition) is 3. The van der Waals surface area contributed by atoms with Crippen LogP contribution in [0.15, 0.2) is 66.7 Å². The molecule has 1 heterocycles. The number of aliphatic hydroxyl groups excluding tert-OH is 1. The number of aromatic nitrogens is 2. The molecule has 2 amide bonds. The van der Waals surface area contributed by atoms with E-state index in [-0.39, 0.29) is 0 Å². The van der Waals surface area contributed by atoms with Gasteiger partial charge >= 0.3 is 6.03 Å². The molecule has 0 spiro atoms. The first-order valence-corrected chi connectivity index (χ1v) is 8.43. The third-order valence-corrected chi connectivity index (χ3v) is 4.47. The first kappa shape index (κ1) is 16.2. The van der Waals surface area contributed by atoms with E-state index in [9.17, 15) is 9.90 Å². The Labute approximate surface area is 150 Å². The van der Waals surface area contributed by atoms with Crippen molar-refractivity contribution in [3.63, 3.8) is 0 Å². The molecule has 130 valence electrons. The Hall–Kier alpha value is -3.25. The monoisotopic (exact) mass is 346 g/mol. The van der Waals surface area contributed by atoms with Crippen LogP contribution >= 0.6 is 0 Å². The van der Waals surface area contributed by atoms with Crippen LogP contribution in [0, 0.1) is 0 Å². The van der Waals surface area contributed by atoms with Gasteiger partial charge in [-0.25, -0.2) is 4.79 Å². The predicted molar refractivity (Wildman–Crippen MR) is 98.5 cm³/mol. The van der Waals surface area contributed by atoms with E-state index in [4.69, 9.17) is 0 Å². The fourth-order valence-corrected chi connectivity index (χ4v) is 3.20. The van der Waals surface area contributed by atoms with Crippen molar-refractivity contribution in [2.75, 3.05) is 5.32 Å². The Balaban J connectivity index is 1.42. The van der Waals surface area contributed by atoms with Gasteiger partial charge < -0.3 is 10.4 Å². The summed E-state index contributed by atoms with van der Waals surface area (Å²) in [5, 5.41) is 23.9. The molecule has 3 N–H and O–H groups in total. The number of anilines is 1. The van der Waals surface area contributed by atoms with E-state index in [1.807, 2.05) is 54.6 Å². The number of nitrogens with one attached hydrogen (secondary N) is 2. The third kappa shape index (κ3) is 3.27. The van der Waals surface area contributed by atoms with E-state index in [0.29, 0.717) is 12.2 Å². The van der Waals surface area contributed by atoms with E-state index in [0.717, 1.165) is 22.4 Å². The number of carbonyl (C=O) groups is 1. The summed E-state index contributed by atoms with van der Waals surface area (Å²) in [5.74, 6) is 0.350. The molecule has 3 aromatic rings. The summed E-state index contributed by atoms with van der Waals surface area (Å²) in [4.78, 5) is 12.3. The van der Waals surface area contributed by atoms with Crippen molar-refractivity contribution in [1.29, 1.82) is 0 Å². The molecule has 0 saturated heterocycles. The molecule has 1 aliphatic rings. The average molecular weight is 346 g/mol. The first-order chi connectivity index (χ1) is 12.7. The van der Waals surface area contributed by atoms with Crippen LogP contribution in [-0.2, 0) is 6.42 Å². The summed E-state index contributed by atoms with van der Waals surface area (Å²) < 4.78 is 0. The Bertz CT molecular complexity index is 913. The van der Waals surface area contributed by atoms with Gasteiger partial charge in [0, 0.05) is 12.0 Å². The fraction of sp³-hybridized carbons (Fsp3) is 0.150. The number of rotatable bonds is 3. The third-order valence-electron chi connectivity index (χ3n) is 4.47. The SMILES string of the molecule is O=C(Nc1ccc(-c2ccccc2)nn1)N[C@@H]1c2ccccc2C[C@H]1O. The summed E-state index contributed by atoms with van der Waals surface area (Å²) in [5.41, 5.74) is 3.69. The van der Waals surface area contributed by atoms with Crippen molar-refractivity contribution >= 4 is 11.8 Å². The zero-order chi connectivity index (χ0) is 17.9. The second kappa shape index (κ2) is 6.93. The largest absolute Gasteiger partial charge is 0.390 e. The number of nitrogens with zero attached hydrogens (tertiary/aromatic N) is 2. The lowest BCUT2D eigenvalue weighted by atomic mass is 10.1. The highest BCUT2D eigenvalue weighted by atomic mass is 16.3. The van der Waals surface area contributed by atoms with Crippen LogP contribution in [0.4, 0.5) is 10.6 Å². The summed E-state index contributed by atoms with van der Waals surface area (Å²) in [6.07, 6.45) is -0.100. The van der Waals surface area contributed by atoms with Crippen LogP contribution in [0.1, 0.15) is 17.2 Å².